The largest absolute Gasteiger partial charge is 0.344 e. The van der Waals surface area contributed by atoms with E-state index in [0.717, 1.165) is 17.0 Å². The number of benzene rings is 1. The molecule has 24 heavy (non-hydrogen) atoms. The predicted octanol–water partition coefficient (Wildman–Crippen LogP) is -0.155. The van der Waals surface area contributed by atoms with Crippen molar-refractivity contribution in [3.8, 4) is 0 Å². The molecular formula is C15H22ClFN3O3S+. The van der Waals surface area contributed by atoms with Gasteiger partial charge in [0, 0.05) is 14.1 Å². The summed E-state index contributed by atoms with van der Waals surface area (Å²) in [6.07, 6.45) is 0. The Kier molecular flexibility index (Phi) is 5.85. The molecule has 1 saturated heterocycles. The predicted molar refractivity (Wildman–Crippen MR) is 89.0 cm³/mol. The van der Waals surface area contributed by atoms with Crippen molar-refractivity contribution in [2.45, 2.75) is 17.9 Å². The smallest absolute Gasteiger partial charge is 0.280 e. The number of amides is 1. The summed E-state index contributed by atoms with van der Waals surface area (Å²) in [4.78, 5) is 14.6. The molecule has 1 aliphatic rings. The maximum absolute atomic E-state index is 13.2. The van der Waals surface area contributed by atoms with Gasteiger partial charge in [-0.25, -0.2) is 12.8 Å². The second-order valence-corrected chi connectivity index (χ2v) is 8.44. The van der Waals surface area contributed by atoms with Crippen molar-refractivity contribution in [3.05, 3.63) is 29.0 Å². The first-order valence-corrected chi connectivity index (χ1v) is 9.47. The summed E-state index contributed by atoms with van der Waals surface area (Å²) in [5, 5.41) is -0.217. The molecule has 1 atom stereocenters. The molecule has 9 heteroatoms. The Hall–Kier alpha value is -1.22. The van der Waals surface area contributed by atoms with E-state index < -0.39 is 15.8 Å². The minimum absolute atomic E-state index is 0.0187. The molecule has 0 spiro atoms. The normalized spacial score (nSPS) is 18.4. The van der Waals surface area contributed by atoms with Gasteiger partial charge >= 0.3 is 0 Å². The van der Waals surface area contributed by atoms with Crippen molar-refractivity contribution in [2.75, 3.05) is 40.3 Å². The fourth-order valence-corrected chi connectivity index (χ4v) is 4.51. The van der Waals surface area contributed by atoms with E-state index in [1.807, 2.05) is 6.92 Å². The Morgan fingerprint density at radius 3 is 2.42 bits per heavy atom. The highest BCUT2D eigenvalue weighted by atomic mass is 35.5. The first-order chi connectivity index (χ1) is 11.1. The van der Waals surface area contributed by atoms with Crippen molar-refractivity contribution in [1.29, 1.82) is 0 Å². The SMILES string of the molecule is C[C@@H](C(=O)N(C)C)[NH+]1CCN(S(=O)(=O)c2ccc(F)c(Cl)c2)CC1. The van der Waals surface area contributed by atoms with Crippen LogP contribution in [0.25, 0.3) is 0 Å². The second-order valence-electron chi connectivity index (χ2n) is 6.09. The quantitative estimate of drug-likeness (QED) is 0.792. The van der Waals surface area contributed by atoms with Crippen LogP contribution < -0.4 is 4.90 Å². The van der Waals surface area contributed by atoms with Crippen LogP contribution >= 0.6 is 11.6 Å². The highest BCUT2D eigenvalue weighted by Crippen LogP contribution is 2.22. The van der Waals surface area contributed by atoms with Crippen LogP contribution in [0.3, 0.4) is 0 Å². The Bertz CT molecular complexity index is 719. The van der Waals surface area contributed by atoms with Crippen LogP contribution in [0.4, 0.5) is 4.39 Å². The molecule has 1 aromatic rings. The molecule has 1 fully saturated rings. The van der Waals surface area contributed by atoms with Gasteiger partial charge in [-0.05, 0) is 25.1 Å². The third kappa shape index (κ3) is 3.88. The Morgan fingerprint density at radius 2 is 1.92 bits per heavy atom. The number of hydrogen-bond acceptors (Lipinski definition) is 3. The molecule has 1 amide bonds. The lowest BCUT2D eigenvalue weighted by Gasteiger charge is -2.34. The summed E-state index contributed by atoms with van der Waals surface area (Å²) in [7, 11) is -0.302. The number of quaternary nitrogens is 1. The standard InChI is InChI=1S/C15H21ClFN3O3S/c1-11(15(21)18(2)3)19-6-8-20(9-7-19)24(22,23)12-4-5-14(17)13(16)10-12/h4-5,10-11H,6-9H2,1-3H3/p+1/t11-/m0/s1. The number of halogens is 2. The second kappa shape index (κ2) is 7.35. The van der Waals surface area contributed by atoms with Gasteiger partial charge in [0.05, 0.1) is 36.1 Å². The summed E-state index contributed by atoms with van der Waals surface area (Å²) in [6.45, 7) is 3.53. The topological polar surface area (TPSA) is 62.1 Å². The maximum atomic E-state index is 13.2. The zero-order valence-corrected chi connectivity index (χ0v) is 15.5. The number of nitrogens with one attached hydrogen (secondary N) is 1. The maximum Gasteiger partial charge on any atom is 0.280 e. The molecule has 0 radical (unpaired) electrons. The zero-order valence-electron chi connectivity index (χ0n) is 13.9. The van der Waals surface area contributed by atoms with E-state index in [1.54, 1.807) is 19.0 Å². The Balaban J connectivity index is 2.08. The summed E-state index contributed by atoms with van der Waals surface area (Å²) in [5.41, 5.74) is 0. The zero-order chi connectivity index (χ0) is 18.1. The molecule has 0 bridgehead atoms. The Morgan fingerprint density at radius 1 is 1.33 bits per heavy atom. The third-order valence-corrected chi connectivity index (χ3v) is 6.50. The molecule has 0 aromatic heterocycles. The minimum atomic E-state index is -3.71. The number of piperazine rings is 1. The Labute approximate surface area is 146 Å². The number of rotatable bonds is 4. The van der Waals surface area contributed by atoms with E-state index in [1.165, 1.54) is 10.4 Å². The molecule has 0 aliphatic carbocycles. The van der Waals surface area contributed by atoms with Crippen molar-refractivity contribution in [2.24, 2.45) is 0 Å². The average molecular weight is 379 g/mol. The van der Waals surface area contributed by atoms with Crippen molar-refractivity contribution in [1.82, 2.24) is 9.21 Å². The van der Waals surface area contributed by atoms with Gasteiger partial charge in [0.2, 0.25) is 10.0 Å². The highest BCUT2D eigenvalue weighted by Gasteiger charge is 2.35. The highest BCUT2D eigenvalue weighted by molar-refractivity contribution is 7.89. The van der Waals surface area contributed by atoms with Gasteiger partial charge in [-0.1, -0.05) is 11.6 Å². The van der Waals surface area contributed by atoms with Crippen molar-refractivity contribution < 1.29 is 22.5 Å². The van der Waals surface area contributed by atoms with Crippen molar-refractivity contribution >= 4 is 27.5 Å². The van der Waals surface area contributed by atoms with Crippen LogP contribution in [-0.2, 0) is 14.8 Å². The molecule has 0 unspecified atom stereocenters. The van der Waals surface area contributed by atoms with E-state index in [2.05, 4.69) is 0 Å². The molecule has 1 N–H and O–H groups in total. The molecule has 1 aliphatic heterocycles. The van der Waals surface area contributed by atoms with Gasteiger partial charge in [0.25, 0.3) is 5.91 Å². The summed E-state index contributed by atoms with van der Waals surface area (Å²) in [6, 6.07) is 3.18. The average Bonchev–Trinajstić information content (AvgIpc) is 2.55. The third-order valence-electron chi connectivity index (χ3n) is 4.32. The minimum Gasteiger partial charge on any atom is -0.344 e. The van der Waals surface area contributed by atoms with E-state index >= 15 is 0 Å². The lowest BCUT2D eigenvalue weighted by molar-refractivity contribution is -0.917. The van der Waals surface area contributed by atoms with E-state index in [9.17, 15) is 17.6 Å². The first kappa shape index (κ1) is 19.1. The molecule has 1 heterocycles. The van der Waals surface area contributed by atoms with Crippen LogP contribution in [0.15, 0.2) is 23.1 Å². The molecule has 2 rings (SSSR count). The van der Waals surface area contributed by atoms with E-state index in [0.29, 0.717) is 26.2 Å². The van der Waals surface area contributed by atoms with E-state index in [-0.39, 0.29) is 21.9 Å². The van der Waals surface area contributed by atoms with E-state index in [4.69, 9.17) is 11.6 Å². The summed E-state index contributed by atoms with van der Waals surface area (Å²) >= 11 is 5.68. The molecule has 134 valence electrons. The molecule has 6 nitrogen and oxygen atoms in total. The molecule has 0 saturated carbocycles. The number of sulfonamides is 1. The number of nitrogens with zero attached hydrogens (tertiary/aromatic N) is 2. The van der Waals surface area contributed by atoms with Crippen LogP contribution in [0.2, 0.25) is 5.02 Å². The first-order valence-electron chi connectivity index (χ1n) is 7.65. The van der Waals surface area contributed by atoms with Crippen LogP contribution in [0.1, 0.15) is 6.92 Å². The van der Waals surface area contributed by atoms with Gasteiger partial charge in [-0.3, -0.25) is 4.79 Å². The summed E-state index contributed by atoms with van der Waals surface area (Å²) in [5.74, 6) is -0.632. The number of carbonyl (C=O) groups excluding carboxylic acids is 1. The number of carbonyl (C=O) groups is 1. The van der Waals surface area contributed by atoms with Crippen LogP contribution in [0, 0.1) is 5.82 Å². The lowest BCUT2D eigenvalue weighted by atomic mass is 10.2. The van der Waals surface area contributed by atoms with Crippen LogP contribution in [-0.4, -0.2) is 69.8 Å². The molecular weight excluding hydrogens is 357 g/mol. The van der Waals surface area contributed by atoms with Gasteiger partial charge in [-0.15, -0.1) is 0 Å². The van der Waals surface area contributed by atoms with Gasteiger partial charge < -0.3 is 9.80 Å². The monoisotopic (exact) mass is 378 g/mol. The van der Waals surface area contributed by atoms with Gasteiger partial charge in [-0.2, -0.15) is 4.31 Å². The van der Waals surface area contributed by atoms with Gasteiger partial charge in [0.1, 0.15) is 5.82 Å². The number of hydrogen-bond donors (Lipinski definition) is 1. The lowest BCUT2D eigenvalue weighted by Crippen LogP contribution is -3.19. The van der Waals surface area contributed by atoms with Crippen LogP contribution in [0.5, 0.6) is 0 Å². The fraction of sp³-hybridized carbons (Fsp3) is 0.533. The number of likely N-dealkylation sites (N-methyl/N-ethyl adjacent to an activating group) is 1. The van der Waals surface area contributed by atoms with Gasteiger partial charge in [0.15, 0.2) is 6.04 Å². The fourth-order valence-electron chi connectivity index (χ4n) is 2.80. The van der Waals surface area contributed by atoms with Crippen molar-refractivity contribution in [3.63, 3.8) is 0 Å². The summed E-state index contributed by atoms with van der Waals surface area (Å²) < 4.78 is 39.8. The molecule has 1 aromatic carbocycles.